The van der Waals surface area contributed by atoms with Gasteiger partial charge in [0, 0.05) is 54.6 Å². The van der Waals surface area contributed by atoms with Gasteiger partial charge in [0.15, 0.2) is 23.0 Å². The van der Waals surface area contributed by atoms with E-state index in [0.717, 1.165) is 80.6 Å². The van der Waals surface area contributed by atoms with Crippen LogP contribution in [0.25, 0.3) is 11.1 Å². The number of nitrogens with two attached hydrogens (primary N) is 1. The predicted octanol–water partition coefficient (Wildman–Crippen LogP) is 3.09. The van der Waals surface area contributed by atoms with Gasteiger partial charge in [-0.15, -0.1) is 0 Å². The van der Waals surface area contributed by atoms with E-state index < -0.39 is 192 Å². The zero-order chi connectivity index (χ0) is 87.6. The Kier molecular flexibility index (Phi) is 27.4. The summed E-state index contributed by atoms with van der Waals surface area (Å²) in [4.78, 5) is 143. The van der Waals surface area contributed by atoms with Crippen molar-refractivity contribution in [3.05, 3.63) is 135 Å². The average Bonchev–Trinajstić information content (AvgIpc) is 0.765. The van der Waals surface area contributed by atoms with E-state index in [2.05, 4.69) is 53.2 Å². The quantitative estimate of drug-likeness (QED) is 0.0492. The standard InChI is InChI=1S/C85H104ClN13O23/c1-37(2)21-52(88-4)77(109)96-69-71(104)42-10-14-56(38(3)22-42)119-60-30-46-31-61(76(60)122-84-75(108)74(107)73(106)62(36-87)121-84)120-57-15-11-43(29-51(57)86)72(105)70-83(115)95-68(81(113)92-65-44-24-39-23-40(26-44)27-45(65)25-39)50-33-48(100)34-55(102)64(50)49-28-41(9-13-54(49)101)66(79(111)97-70)94-80(112)67(46)93-78(110)53(90-82(69)114)35-63(103)91-85(116)89-47-12-16-58(117-19-17-98(5)6)59(32-47)118-20-18-99(7)8/h9-16,22,28-34,37,39-40,44-45,52-53,62,65-75,84,88,100-102,104-108H,17-21,23-27,35-36,87H2,1-8H3,(H,90,114)(H,92,113)(H,93,110)(H,94,112)(H,95,115)(H,96,109)(H,97,111)(H2,89,91,103,116)/t39?,40?,44?,45?,52-,53+,62-,65?,66-,67-,68+,69-,70+,71-,72-,73-,74+,75-,84+/m1/s1. The van der Waals surface area contributed by atoms with E-state index >= 15 is 28.8 Å². The molecular formula is C85H104ClN13O23. The monoisotopic (exact) mass is 1710 g/mol. The van der Waals surface area contributed by atoms with Crippen molar-refractivity contribution >= 4 is 70.6 Å². The van der Waals surface area contributed by atoms with E-state index in [0.29, 0.717) is 30.7 Å². The number of benzene rings is 6. The van der Waals surface area contributed by atoms with Crippen molar-refractivity contribution < 1.29 is 112 Å². The Morgan fingerprint density at radius 1 is 0.623 bits per heavy atom. The number of imide groups is 1. The van der Waals surface area contributed by atoms with Gasteiger partial charge in [-0.05, 0) is 210 Å². The maximum absolute atomic E-state index is 16.5. The van der Waals surface area contributed by atoms with E-state index in [1.165, 1.54) is 62.5 Å². The highest BCUT2D eigenvalue weighted by molar-refractivity contribution is 6.32. The number of phenolic OH excluding ortho intramolecular Hbond substituents is 3. The number of nitrogens with zero attached hydrogens (tertiary/aromatic N) is 2. The van der Waals surface area contributed by atoms with Crippen LogP contribution in [-0.2, 0) is 43.1 Å². The number of ether oxygens (including phenoxy) is 6. The Labute approximate surface area is 707 Å². The Morgan fingerprint density at radius 3 is 1.89 bits per heavy atom. The fourth-order valence-electron chi connectivity index (χ4n) is 17.2. The average molecular weight is 1710 g/mol. The van der Waals surface area contributed by atoms with Crippen LogP contribution in [0.1, 0.15) is 123 Å². The van der Waals surface area contributed by atoms with Crippen molar-refractivity contribution in [2.75, 3.05) is 73.4 Å². The Hall–Kier alpha value is -11.2. The lowest BCUT2D eigenvalue weighted by atomic mass is 9.54. The van der Waals surface area contributed by atoms with Crippen LogP contribution in [-0.4, -0.2) is 233 Å². The summed E-state index contributed by atoms with van der Waals surface area (Å²) in [6, 6.07) is 4.05. The summed E-state index contributed by atoms with van der Waals surface area (Å²) in [6.45, 7) is 6.19. The fourth-order valence-corrected chi connectivity index (χ4v) is 17.4. The van der Waals surface area contributed by atoms with Crippen molar-refractivity contribution in [1.82, 2.24) is 57.7 Å². The molecule has 6 aliphatic heterocycles. The number of rotatable bonds is 21. The third-order valence-corrected chi connectivity index (χ3v) is 23.6. The zero-order valence-electron chi connectivity index (χ0n) is 68.3. The number of aromatic hydroxyl groups is 3. The molecule has 4 aliphatic carbocycles. The SMILES string of the molecule is CN[C@H](CC(C)C)C(=O)N[C@H]1C(=O)N[C@@H](CC(=O)NC(=O)Nc2ccc(OCCN(C)C)c(OCCN(C)C)c2)C(=O)N[C@H]2C(=O)N[C@H]3C(=O)N[C@H](C(=O)N[C@H](C(=O)NC4C5CC6CC(C5)CC4C6)c4cc(O)cc(O)c4-c4cc3ccc4O)[C@H](O)c3ccc(c(Cl)c3)Oc3cc2cc(c3O[C@@H]2O[C@H](CN)[C@@H](O)[C@H](O)[C@H]2O)Oc2ccc(cc2C)[C@H]1O. The van der Waals surface area contributed by atoms with E-state index in [1.54, 1.807) is 0 Å². The second-order valence-electron chi connectivity index (χ2n) is 33.2. The summed E-state index contributed by atoms with van der Waals surface area (Å²) in [5.74, 6) is -12.3. The minimum atomic E-state index is -2.36. The molecule has 37 heteroatoms. The molecule has 0 radical (unpaired) electrons. The molecule has 15 bridgehead atoms. The Bertz CT molecular complexity index is 4950. The van der Waals surface area contributed by atoms with Crippen LogP contribution in [0.15, 0.2) is 97.1 Å². The second kappa shape index (κ2) is 37.7. The van der Waals surface area contributed by atoms with Crippen LogP contribution >= 0.6 is 11.6 Å². The van der Waals surface area contributed by atoms with Gasteiger partial charge in [0.2, 0.25) is 59.3 Å². The summed E-state index contributed by atoms with van der Waals surface area (Å²) < 4.78 is 38.1. The van der Waals surface area contributed by atoms with Crippen LogP contribution in [0.2, 0.25) is 5.02 Å². The molecule has 36 nitrogen and oxygen atoms in total. The van der Waals surface area contributed by atoms with Gasteiger partial charge >= 0.3 is 6.03 Å². The maximum atomic E-state index is 16.5. The number of aliphatic hydroxyl groups is 5. The minimum Gasteiger partial charge on any atom is -0.508 e. The number of amides is 10. The summed E-state index contributed by atoms with van der Waals surface area (Å²) >= 11 is 7.21. The molecule has 20 N–H and O–H groups in total. The molecule has 122 heavy (non-hydrogen) atoms. The molecule has 5 fully saturated rings. The molecule has 4 saturated carbocycles. The summed E-state index contributed by atoms with van der Waals surface area (Å²) in [6.07, 6.45) is -10.1. The van der Waals surface area contributed by atoms with Gasteiger partial charge in [-0.3, -0.25) is 43.7 Å². The zero-order valence-corrected chi connectivity index (χ0v) is 69.1. The van der Waals surface area contributed by atoms with E-state index in [4.69, 9.17) is 45.8 Å². The molecule has 6 aromatic rings. The molecule has 16 rings (SSSR count). The normalized spacial score (nSPS) is 27.0. The number of urea groups is 1. The van der Waals surface area contributed by atoms with Crippen LogP contribution in [0, 0.1) is 36.5 Å². The summed E-state index contributed by atoms with van der Waals surface area (Å²) in [7, 11) is 8.91. The molecule has 0 spiro atoms. The first kappa shape index (κ1) is 88.6. The summed E-state index contributed by atoms with van der Waals surface area (Å²) in [5, 5.41) is 121. The predicted molar refractivity (Wildman–Crippen MR) is 438 cm³/mol. The lowest BCUT2D eigenvalue weighted by molar-refractivity contribution is -0.270. The molecule has 0 aromatic heterocycles. The first-order valence-corrected chi connectivity index (χ1v) is 40.8. The highest BCUT2D eigenvalue weighted by Crippen LogP contribution is 2.55. The number of aliphatic hydroxyl groups excluding tert-OH is 5. The molecule has 0 unspecified atom stereocenters. The number of carbonyl (C=O) groups is 9. The molecule has 14 atom stereocenters. The summed E-state index contributed by atoms with van der Waals surface area (Å²) in [5.41, 5.74) is 4.32. The van der Waals surface area contributed by atoms with Crippen LogP contribution in [0.5, 0.6) is 57.5 Å². The van der Waals surface area contributed by atoms with Crippen molar-refractivity contribution in [3.8, 4) is 68.6 Å². The molecule has 6 aromatic carbocycles. The van der Waals surface area contributed by atoms with Crippen LogP contribution in [0.3, 0.4) is 0 Å². The van der Waals surface area contributed by atoms with Crippen molar-refractivity contribution in [2.45, 2.75) is 157 Å². The first-order chi connectivity index (χ1) is 58.1. The highest BCUT2D eigenvalue weighted by Gasteiger charge is 2.51. The van der Waals surface area contributed by atoms with Gasteiger partial charge < -0.3 is 133 Å². The molecule has 10 aliphatic rings. The highest BCUT2D eigenvalue weighted by atomic mass is 35.5. The number of hydrogen-bond donors (Lipinski definition) is 19. The topological polar surface area (TPSA) is 524 Å². The van der Waals surface area contributed by atoms with Gasteiger partial charge in [-0.25, -0.2) is 4.79 Å². The number of likely N-dealkylation sites (N-methyl/N-ethyl adjacent to an activating group) is 3. The van der Waals surface area contributed by atoms with Gasteiger partial charge in [-0.1, -0.05) is 43.6 Å². The lowest BCUT2D eigenvalue weighted by Gasteiger charge is -2.54. The van der Waals surface area contributed by atoms with Crippen LogP contribution < -0.4 is 82.6 Å². The molecule has 654 valence electrons. The number of nitrogens with one attached hydrogen (secondary N) is 10. The van der Waals surface area contributed by atoms with E-state index in [1.807, 2.05) is 51.8 Å². The smallest absolute Gasteiger partial charge is 0.325 e. The third kappa shape index (κ3) is 19.8. The number of phenols is 3. The van der Waals surface area contributed by atoms with Crippen molar-refractivity contribution in [3.63, 3.8) is 0 Å². The number of aryl methyl sites for hydroxylation is 1. The number of halogens is 1. The van der Waals surface area contributed by atoms with E-state index in [9.17, 15) is 55.2 Å². The minimum absolute atomic E-state index is 0.0496. The fraction of sp³-hybridized carbons (Fsp3) is 0.471. The van der Waals surface area contributed by atoms with Crippen molar-refractivity contribution in [1.29, 1.82) is 0 Å². The number of fused-ring (bicyclic) bond motifs is 15. The van der Waals surface area contributed by atoms with Gasteiger partial charge in [0.05, 0.1) is 17.5 Å². The molecule has 1 saturated heterocycles. The number of anilines is 1. The molecule has 10 amide bonds. The maximum Gasteiger partial charge on any atom is 0.325 e. The second-order valence-corrected chi connectivity index (χ2v) is 33.6. The van der Waals surface area contributed by atoms with Gasteiger partial charge in [-0.2, -0.15) is 0 Å². The number of carbonyl (C=O) groups excluding carboxylic acids is 9. The molecule has 6 heterocycles. The third-order valence-electron chi connectivity index (χ3n) is 23.3. The molecular weight excluding hydrogens is 1610 g/mol. The van der Waals surface area contributed by atoms with Crippen LogP contribution in [0.4, 0.5) is 10.5 Å². The van der Waals surface area contributed by atoms with Crippen molar-refractivity contribution in [2.24, 2.45) is 35.3 Å². The Morgan fingerprint density at radius 2 is 1.25 bits per heavy atom. The lowest BCUT2D eigenvalue weighted by Crippen LogP contribution is -2.60. The number of hydrogen-bond acceptors (Lipinski definition) is 27. The largest absolute Gasteiger partial charge is 0.508 e. The first-order valence-electron chi connectivity index (χ1n) is 40.5. The van der Waals surface area contributed by atoms with E-state index in [-0.39, 0.29) is 110 Å². The Balaban J connectivity index is 0.974. The van der Waals surface area contributed by atoms with Gasteiger partial charge in [0.25, 0.3) is 0 Å². The van der Waals surface area contributed by atoms with Gasteiger partial charge in [0.1, 0.15) is 115 Å².